The van der Waals surface area contributed by atoms with Crippen molar-refractivity contribution in [2.45, 2.75) is 192 Å². The molecule has 6 N–H and O–H groups in total. The van der Waals surface area contributed by atoms with Crippen LogP contribution in [0.5, 0.6) is 0 Å². The summed E-state index contributed by atoms with van der Waals surface area (Å²) in [4.78, 5) is 63.9. The van der Waals surface area contributed by atoms with Crippen LogP contribution in [0.2, 0.25) is 0 Å². The molecule has 30 atom stereocenters. The lowest BCUT2D eigenvalue weighted by atomic mass is 9.42. The number of aliphatic hydroxyl groups excluding tert-OH is 4. The number of benzene rings is 2. The number of likely N-dealkylation sites (tertiary alicyclic amines) is 2. The van der Waals surface area contributed by atoms with E-state index in [0.29, 0.717) is 58.3 Å². The molecule has 14 bridgehead atoms. The van der Waals surface area contributed by atoms with Crippen LogP contribution in [0.25, 0.3) is 0 Å². The molecule has 2 saturated heterocycles. The zero-order chi connectivity index (χ0) is 68.9. The number of fused-ring (bicyclic) bond motifs is 4. The monoisotopic (exact) mass is 1360 g/mol. The molecule has 0 radical (unpaired) electrons. The number of esters is 4. The predicted octanol–water partition coefficient (Wildman–Crippen LogP) is 3.00. The maximum Gasteiger partial charge on any atom is 0.338 e. The Kier molecular flexibility index (Phi) is 18.2. The van der Waals surface area contributed by atoms with Gasteiger partial charge in [-0.2, -0.15) is 0 Å². The Morgan fingerprint density at radius 3 is 1.19 bits per heavy atom. The number of ether oxygens (including phenoxy) is 12. The number of nitrogens with zero attached hydrogens (tertiary/aromatic N) is 2. The molecule has 0 aromatic heterocycles. The standard InChI is InChI=1S/C73H102N2O22/c1-11-74-34-66(36-86-3)42(76)30-44(88-5)70-40-32-68(84)60(94-64(82)38-24-18-16-19-25-38)48(40)72(58(80)62(68)92-9,50(56(70)74)52(90-7)54(66)70)96-46(78)28-22-14-13-15-23-29-47(79)97-73-49-41(33-69(85,63(93-10)59(73)81)61(49)95-65(83)39-26-20-17-21-27-39)71-45(89-6)31-43(77)67(37-87-4)35-75(12-2)57(71)51(73)53(91-8)55(67)71/h16-21,24-27,40-45,48-63,76-77,80-81,84-85H,11-15,22-23,28-37H2,1-10H3/t40-,41-,42-,43-,44+,45+,48-,49-,50-,51-,52+,53+,54-,55-,56-,57-,58+,59+,60-,61-,62+,63+,66+,67+,68-,69-,70+,71+,72-,73-/m1/s1. The molecule has 2 spiro atoms. The summed E-state index contributed by atoms with van der Waals surface area (Å²) in [5, 5.41) is 78.4. The summed E-state index contributed by atoms with van der Waals surface area (Å²) in [5.41, 5.74) is -10.9. The van der Waals surface area contributed by atoms with Crippen molar-refractivity contribution >= 4 is 23.9 Å². The van der Waals surface area contributed by atoms with E-state index in [2.05, 4.69) is 9.80 Å². The average molecular weight is 1360 g/mol. The third-order valence-electron chi connectivity index (χ3n) is 28.0. The first-order valence-corrected chi connectivity index (χ1v) is 35.4. The smallest absolute Gasteiger partial charge is 0.338 e. The van der Waals surface area contributed by atoms with Crippen LogP contribution in [-0.2, 0) is 66.4 Å². The van der Waals surface area contributed by atoms with Gasteiger partial charge in [-0.15, -0.1) is 0 Å². The molecule has 10 saturated carbocycles. The minimum Gasteiger partial charge on any atom is -0.455 e. The molecular formula is C73H102N2O22. The van der Waals surface area contributed by atoms with Crippen LogP contribution in [0.4, 0.5) is 0 Å². The molecule has 10 aliphatic carbocycles. The molecule has 12 aliphatic rings. The SMILES string of the molecule is CCN1C[C@]2(COC)[C@H](O)C[C@H](OC)[C@@]34[C@@H]5C[C@@]6(O)[C@H](OC(=O)c7ccccc7)[C@@H]5[C@@](OC(=O)CCCCCCCC(=O)O[C@@]57[C@@H]8[C@H](OC)[C@@H]9[C@]%10(COC)CN(CC)[C@H]8[C@]9([C@@H](OC)C[C@H]%10O)[C@@H]8C[C@@](O)([C@H](OC(=O)c9ccccc9)[C@@H]85)[C@@H](OC)[C@@H]7O)([C@H]([C@H](OC)[C@H]23)[C@@H]14)[C@@H](O)[C@@H]6OC. The second kappa shape index (κ2) is 25.3. The lowest BCUT2D eigenvalue weighted by Gasteiger charge is -2.70. The summed E-state index contributed by atoms with van der Waals surface area (Å²) >= 11 is 0. The van der Waals surface area contributed by atoms with Crippen molar-refractivity contribution in [3.05, 3.63) is 71.8 Å². The number of carbonyl (C=O) groups excluding carboxylic acids is 4. The molecule has 97 heavy (non-hydrogen) atoms. The number of carbonyl (C=O) groups is 4. The summed E-state index contributed by atoms with van der Waals surface area (Å²) in [6, 6.07) is 15.9. The van der Waals surface area contributed by atoms with Gasteiger partial charge < -0.3 is 87.5 Å². The van der Waals surface area contributed by atoms with Crippen LogP contribution in [0.1, 0.15) is 105 Å². The van der Waals surface area contributed by atoms with Crippen molar-refractivity contribution in [3.8, 4) is 0 Å². The first-order valence-electron chi connectivity index (χ1n) is 35.4. The second-order valence-electron chi connectivity index (χ2n) is 30.9. The Balaban J connectivity index is 0.739. The van der Waals surface area contributed by atoms with Crippen molar-refractivity contribution in [1.82, 2.24) is 9.80 Å². The summed E-state index contributed by atoms with van der Waals surface area (Å²) in [7, 11) is 12.4. The number of aliphatic hydroxyl groups is 6. The van der Waals surface area contributed by atoms with Gasteiger partial charge in [0.25, 0.3) is 0 Å². The van der Waals surface area contributed by atoms with E-state index in [1.54, 1.807) is 103 Å². The zero-order valence-electron chi connectivity index (χ0n) is 57.6. The Morgan fingerprint density at radius 1 is 0.485 bits per heavy atom. The van der Waals surface area contributed by atoms with Crippen molar-refractivity contribution in [2.24, 2.45) is 69.0 Å². The first kappa shape index (κ1) is 69.8. The van der Waals surface area contributed by atoms with Crippen LogP contribution in [-0.4, -0.2) is 268 Å². The van der Waals surface area contributed by atoms with Gasteiger partial charge in [0.1, 0.15) is 47.8 Å². The molecule has 24 heteroatoms. The highest BCUT2D eigenvalue weighted by atomic mass is 16.6. The number of methoxy groups -OCH3 is 8. The van der Waals surface area contributed by atoms with Crippen LogP contribution in [0, 0.1) is 69.0 Å². The highest BCUT2D eigenvalue weighted by Gasteiger charge is 2.95. The molecule has 0 amide bonds. The zero-order valence-corrected chi connectivity index (χ0v) is 57.6. The fourth-order valence-electron chi connectivity index (χ4n) is 25.7. The van der Waals surface area contributed by atoms with Crippen LogP contribution in [0.3, 0.4) is 0 Å². The molecule has 2 aromatic rings. The Morgan fingerprint density at radius 2 is 0.856 bits per heavy atom. The molecule has 2 heterocycles. The molecule has 2 aliphatic heterocycles. The van der Waals surface area contributed by atoms with Crippen molar-refractivity contribution in [2.75, 3.05) is 96.3 Å². The summed E-state index contributed by atoms with van der Waals surface area (Å²) < 4.78 is 78.4. The van der Waals surface area contributed by atoms with E-state index in [9.17, 15) is 40.2 Å². The Hall–Kier alpha value is -4.32. The Bertz CT molecular complexity index is 3050. The fraction of sp³-hybridized carbons (Fsp3) is 0.781. The topological polar surface area (TPSA) is 307 Å². The average Bonchev–Trinajstić information content (AvgIpc) is 1.46. The van der Waals surface area contributed by atoms with Crippen molar-refractivity contribution < 1.29 is 107 Å². The van der Waals surface area contributed by atoms with E-state index in [4.69, 9.17) is 56.8 Å². The summed E-state index contributed by atoms with van der Waals surface area (Å²) in [6.45, 7) is 6.19. The first-order chi connectivity index (χ1) is 46.6. The molecule has 2 aromatic carbocycles. The third kappa shape index (κ3) is 8.91. The van der Waals surface area contributed by atoms with Gasteiger partial charge in [0.2, 0.25) is 0 Å². The van der Waals surface area contributed by atoms with Crippen molar-refractivity contribution in [3.63, 3.8) is 0 Å². The molecule has 12 fully saturated rings. The Labute approximate surface area is 567 Å². The normalized spacial score (nSPS) is 48.1. The summed E-state index contributed by atoms with van der Waals surface area (Å²) in [5.74, 6) is -8.62. The van der Waals surface area contributed by atoms with E-state index < -0.39 is 201 Å². The van der Waals surface area contributed by atoms with E-state index in [0.717, 1.165) is 0 Å². The number of hydrogen-bond acceptors (Lipinski definition) is 24. The highest BCUT2D eigenvalue weighted by Crippen LogP contribution is 2.83. The quantitative estimate of drug-likeness (QED) is 0.0448. The molecule has 0 unspecified atom stereocenters. The van der Waals surface area contributed by atoms with Gasteiger partial charge in [-0.3, -0.25) is 19.4 Å². The second-order valence-corrected chi connectivity index (χ2v) is 30.9. The van der Waals surface area contributed by atoms with Gasteiger partial charge >= 0.3 is 23.9 Å². The van der Waals surface area contributed by atoms with Gasteiger partial charge in [-0.1, -0.05) is 69.5 Å². The van der Waals surface area contributed by atoms with Crippen LogP contribution in [0.15, 0.2) is 60.7 Å². The van der Waals surface area contributed by atoms with Gasteiger partial charge in [-0.05, 0) is 74.9 Å². The lowest BCUT2D eigenvalue weighted by Crippen LogP contribution is -2.81. The van der Waals surface area contributed by atoms with Gasteiger partial charge in [0.15, 0.2) is 11.2 Å². The number of piperidine rings is 2. The van der Waals surface area contributed by atoms with Gasteiger partial charge in [0, 0.05) is 165 Å². The third-order valence-corrected chi connectivity index (χ3v) is 28.0. The molecular weight excluding hydrogens is 1260 g/mol. The maximum atomic E-state index is 15.2. The van der Waals surface area contributed by atoms with E-state index >= 15 is 9.59 Å². The van der Waals surface area contributed by atoms with E-state index in [1.807, 2.05) is 13.8 Å². The number of hydrogen-bond donors (Lipinski definition) is 6. The molecule has 536 valence electrons. The molecule has 14 rings (SSSR count). The van der Waals surface area contributed by atoms with Crippen LogP contribution < -0.4 is 0 Å². The summed E-state index contributed by atoms with van der Waals surface area (Å²) in [6.07, 6.45) is -10.8. The molecule has 24 nitrogen and oxygen atoms in total. The number of rotatable bonds is 26. The largest absolute Gasteiger partial charge is 0.455 e. The van der Waals surface area contributed by atoms with Gasteiger partial charge in [-0.25, -0.2) is 9.59 Å². The van der Waals surface area contributed by atoms with Crippen LogP contribution >= 0.6 is 0 Å². The fourth-order valence-corrected chi connectivity index (χ4v) is 25.7. The predicted molar refractivity (Wildman–Crippen MR) is 342 cm³/mol. The van der Waals surface area contributed by atoms with E-state index in [1.165, 1.54) is 14.2 Å². The minimum atomic E-state index is -1.98. The lowest BCUT2D eigenvalue weighted by molar-refractivity contribution is -0.323. The van der Waals surface area contributed by atoms with Gasteiger partial charge in [0.05, 0.1) is 61.0 Å². The van der Waals surface area contributed by atoms with Crippen molar-refractivity contribution in [1.29, 1.82) is 0 Å². The number of unbranched alkanes of at least 4 members (excludes halogenated alkanes) is 4. The highest BCUT2D eigenvalue weighted by molar-refractivity contribution is 5.90. The van der Waals surface area contributed by atoms with E-state index in [-0.39, 0.29) is 62.9 Å². The minimum absolute atomic E-state index is 0.0212. The maximum absolute atomic E-state index is 15.2.